The number of nitrogens with one attached hydrogen (secondary N) is 1. The summed E-state index contributed by atoms with van der Waals surface area (Å²) in [4.78, 5) is 7.28. The van der Waals surface area contributed by atoms with Gasteiger partial charge in [-0.15, -0.1) is 0 Å². The summed E-state index contributed by atoms with van der Waals surface area (Å²) >= 11 is 0. The molecule has 2 aliphatic rings. The van der Waals surface area contributed by atoms with Crippen LogP contribution in [-0.2, 0) is 0 Å². The second-order valence-electron chi connectivity index (χ2n) is 7.06. The highest BCUT2D eigenvalue weighted by Gasteiger charge is 2.49. The number of hydrogen-bond donors (Lipinski definition) is 2. The number of aliphatic hydroxyl groups is 1. The van der Waals surface area contributed by atoms with E-state index in [4.69, 9.17) is 4.42 Å². The summed E-state index contributed by atoms with van der Waals surface area (Å²) < 4.78 is 85.3. The third-order valence-electron chi connectivity index (χ3n) is 5.01. The lowest BCUT2D eigenvalue weighted by molar-refractivity contribution is -0.164. The smallest absolute Gasteiger partial charge is 0.432 e. The Labute approximate surface area is 171 Å². The number of anilines is 1. The van der Waals surface area contributed by atoms with Crippen LogP contribution in [0.25, 0.3) is 11.1 Å². The van der Waals surface area contributed by atoms with Crippen molar-refractivity contribution in [3.63, 3.8) is 0 Å². The molecule has 0 saturated carbocycles. The number of dihydropyridines is 1. The molecule has 5 nitrogen and oxygen atoms in total. The highest BCUT2D eigenvalue weighted by molar-refractivity contribution is 6.02. The van der Waals surface area contributed by atoms with E-state index in [2.05, 4.69) is 15.3 Å². The molecule has 11 heteroatoms. The fourth-order valence-electron chi connectivity index (χ4n) is 3.53. The lowest BCUT2D eigenvalue weighted by Gasteiger charge is -2.34. The van der Waals surface area contributed by atoms with Crippen molar-refractivity contribution in [1.82, 2.24) is 4.98 Å². The molecule has 1 aliphatic heterocycles. The first-order valence-electron chi connectivity index (χ1n) is 9.11. The molecule has 0 amide bonds. The standard InChI is InChI=1S/C20H15F6N3O2/c21-19(22,23)13-3-1-2-11-12(7-17(20(24,25)26)29-18(11)13)15(30)8-27-10-4-5-14-16(6-10)31-9-28-14/h1-7,9,13,15,18,27,30H,8H2. The minimum absolute atomic E-state index is 0.0992. The van der Waals surface area contributed by atoms with Gasteiger partial charge in [-0.25, -0.2) is 4.98 Å². The molecule has 1 aromatic heterocycles. The maximum Gasteiger partial charge on any atom is 0.432 e. The van der Waals surface area contributed by atoms with Gasteiger partial charge in [0.05, 0.1) is 18.1 Å². The molecule has 0 bridgehead atoms. The molecule has 0 radical (unpaired) electrons. The zero-order valence-corrected chi connectivity index (χ0v) is 15.6. The Morgan fingerprint density at radius 3 is 2.65 bits per heavy atom. The quantitative estimate of drug-likeness (QED) is 0.679. The Morgan fingerprint density at radius 1 is 1.16 bits per heavy atom. The van der Waals surface area contributed by atoms with Crippen molar-refractivity contribution < 1.29 is 35.9 Å². The number of rotatable bonds is 4. The van der Waals surface area contributed by atoms with Crippen molar-refractivity contribution in [3.8, 4) is 0 Å². The van der Waals surface area contributed by atoms with E-state index >= 15 is 0 Å². The fraction of sp³-hybridized carbons (Fsp3) is 0.300. The van der Waals surface area contributed by atoms with E-state index in [0.29, 0.717) is 22.9 Å². The molecule has 1 aliphatic carbocycles. The number of aliphatic hydroxyl groups excluding tert-OH is 1. The summed E-state index contributed by atoms with van der Waals surface area (Å²) in [6, 6.07) is 3.03. The molecule has 3 atom stereocenters. The van der Waals surface area contributed by atoms with Gasteiger partial charge in [-0.2, -0.15) is 26.3 Å². The van der Waals surface area contributed by atoms with Crippen molar-refractivity contribution in [2.45, 2.75) is 24.5 Å². The van der Waals surface area contributed by atoms with Crippen molar-refractivity contribution in [3.05, 3.63) is 60.0 Å². The van der Waals surface area contributed by atoms with E-state index in [-0.39, 0.29) is 17.7 Å². The zero-order chi connectivity index (χ0) is 22.4. The minimum Gasteiger partial charge on any atom is -0.443 e. The second-order valence-corrected chi connectivity index (χ2v) is 7.06. The Bertz CT molecular complexity index is 1110. The van der Waals surface area contributed by atoms with E-state index in [1.165, 1.54) is 12.5 Å². The summed E-state index contributed by atoms with van der Waals surface area (Å²) in [5, 5.41) is 13.4. The zero-order valence-electron chi connectivity index (χ0n) is 15.6. The van der Waals surface area contributed by atoms with E-state index in [1.54, 1.807) is 18.2 Å². The van der Waals surface area contributed by atoms with Crippen LogP contribution in [0, 0.1) is 5.92 Å². The normalized spacial score (nSPS) is 22.5. The number of benzene rings is 1. The number of halogens is 6. The Morgan fingerprint density at radius 2 is 1.94 bits per heavy atom. The van der Waals surface area contributed by atoms with E-state index in [1.807, 2.05) is 0 Å². The number of hydrogen-bond acceptors (Lipinski definition) is 5. The van der Waals surface area contributed by atoms with E-state index in [0.717, 1.165) is 12.2 Å². The van der Waals surface area contributed by atoms with Gasteiger partial charge in [-0.05, 0) is 29.4 Å². The third-order valence-corrected chi connectivity index (χ3v) is 5.01. The fourth-order valence-corrected chi connectivity index (χ4v) is 3.53. The molecule has 0 spiro atoms. The van der Waals surface area contributed by atoms with Gasteiger partial charge < -0.3 is 14.8 Å². The van der Waals surface area contributed by atoms with Gasteiger partial charge >= 0.3 is 12.4 Å². The lowest BCUT2D eigenvalue weighted by Crippen LogP contribution is -2.41. The molecule has 2 heterocycles. The topological polar surface area (TPSA) is 70.7 Å². The van der Waals surface area contributed by atoms with E-state index < -0.39 is 36.1 Å². The molecular formula is C20H15F6N3O2. The molecule has 164 valence electrons. The largest absolute Gasteiger partial charge is 0.443 e. The van der Waals surface area contributed by atoms with Crippen LogP contribution >= 0.6 is 0 Å². The SMILES string of the molecule is OC(CNc1ccc2ncoc2c1)C1=CC(C(F)(F)F)=NC2C1=CC=CC2C(F)(F)F. The molecule has 2 N–H and O–H groups in total. The van der Waals surface area contributed by atoms with Gasteiger partial charge in [0.1, 0.15) is 11.2 Å². The minimum atomic E-state index is -4.96. The molecular weight excluding hydrogens is 428 g/mol. The van der Waals surface area contributed by atoms with Crippen molar-refractivity contribution in [1.29, 1.82) is 0 Å². The van der Waals surface area contributed by atoms with Crippen molar-refractivity contribution >= 4 is 22.5 Å². The average Bonchev–Trinajstić information content (AvgIpc) is 3.17. The van der Waals surface area contributed by atoms with Crippen LogP contribution in [-0.4, -0.2) is 46.8 Å². The van der Waals surface area contributed by atoms with Crippen LogP contribution in [0.15, 0.2) is 69.5 Å². The Hall–Kier alpha value is -3.08. The maximum absolute atomic E-state index is 13.4. The van der Waals surface area contributed by atoms with Gasteiger partial charge in [-0.1, -0.05) is 18.2 Å². The molecule has 4 rings (SSSR count). The number of nitrogens with zero attached hydrogens (tertiary/aromatic N) is 2. The van der Waals surface area contributed by atoms with Gasteiger partial charge in [0, 0.05) is 18.3 Å². The highest BCUT2D eigenvalue weighted by atomic mass is 19.4. The van der Waals surface area contributed by atoms with Crippen LogP contribution < -0.4 is 5.32 Å². The van der Waals surface area contributed by atoms with Gasteiger partial charge in [0.25, 0.3) is 0 Å². The van der Waals surface area contributed by atoms with Crippen LogP contribution in [0.3, 0.4) is 0 Å². The van der Waals surface area contributed by atoms with Crippen molar-refractivity contribution in [2.24, 2.45) is 10.9 Å². The Balaban J connectivity index is 1.61. The first-order valence-corrected chi connectivity index (χ1v) is 9.11. The summed E-state index contributed by atoms with van der Waals surface area (Å²) in [6.45, 7) is -0.249. The van der Waals surface area contributed by atoms with Crippen LogP contribution in [0.1, 0.15) is 0 Å². The van der Waals surface area contributed by atoms with Crippen LogP contribution in [0.4, 0.5) is 32.0 Å². The molecule has 0 saturated heterocycles. The van der Waals surface area contributed by atoms with Gasteiger partial charge in [0.15, 0.2) is 12.0 Å². The molecule has 2 aromatic rings. The van der Waals surface area contributed by atoms with Gasteiger partial charge in [-0.3, -0.25) is 4.99 Å². The maximum atomic E-state index is 13.4. The summed E-state index contributed by atoms with van der Waals surface area (Å²) in [5.74, 6) is -2.22. The third kappa shape index (κ3) is 4.22. The average molecular weight is 443 g/mol. The van der Waals surface area contributed by atoms with Gasteiger partial charge in [0.2, 0.25) is 0 Å². The molecule has 31 heavy (non-hydrogen) atoms. The molecule has 1 aromatic carbocycles. The Kier molecular flexibility index (Phi) is 5.16. The molecule has 3 unspecified atom stereocenters. The van der Waals surface area contributed by atoms with Crippen LogP contribution in [0.2, 0.25) is 0 Å². The highest BCUT2D eigenvalue weighted by Crippen LogP contribution is 2.42. The first-order chi connectivity index (χ1) is 14.5. The number of aliphatic imine (C=N–C) groups is 1. The monoisotopic (exact) mass is 443 g/mol. The van der Waals surface area contributed by atoms with Crippen molar-refractivity contribution in [2.75, 3.05) is 11.9 Å². The molecule has 0 fully saturated rings. The number of aromatic nitrogens is 1. The predicted octanol–water partition coefficient (Wildman–Crippen LogP) is 4.59. The van der Waals surface area contributed by atoms with E-state index in [9.17, 15) is 31.4 Å². The number of oxazole rings is 1. The number of alkyl halides is 6. The summed E-state index contributed by atoms with van der Waals surface area (Å²) in [7, 11) is 0. The number of fused-ring (bicyclic) bond motifs is 2. The summed E-state index contributed by atoms with van der Waals surface area (Å²) in [5.41, 5.74) is -0.289. The van der Waals surface area contributed by atoms with Crippen LogP contribution in [0.5, 0.6) is 0 Å². The second kappa shape index (κ2) is 7.56. The lowest BCUT2D eigenvalue weighted by atomic mass is 9.80. The predicted molar refractivity (Wildman–Crippen MR) is 101 cm³/mol. The number of allylic oxidation sites excluding steroid dienone is 3. The first kappa shape index (κ1) is 21.2. The summed E-state index contributed by atoms with van der Waals surface area (Å²) in [6.07, 6.45) is -6.30.